The van der Waals surface area contributed by atoms with Crippen LogP contribution in [0, 0.1) is 11.8 Å². The van der Waals surface area contributed by atoms with Crippen LogP contribution in [0.5, 0.6) is 0 Å². The van der Waals surface area contributed by atoms with E-state index in [1.807, 2.05) is 6.07 Å². The maximum atomic E-state index is 12.5. The zero-order valence-electron chi connectivity index (χ0n) is 13.0. The number of carbonyl (C=O) groups is 1. The topological polar surface area (TPSA) is 78.0 Å². The third kappa shape index (κ3) is 3.79. The van der Waals surface area contributed by atoms with Crippen LogP contribution in [0.1, 0.15) is 22.3 Å². The van der Waals surface area contributed by atoms with Crippen LogP contribution in [0.3, 0.4) is 0 Å². The predicted molar refractivity (Wildman–Crippen MR) is 96.7 cm³/mol. The van der Waals surface area contributed by atoms with E-state index in [0.717, 1.165) is 36.9 Å². The Morgan fingerprint density at radius 1 is 1.29 bits per heavy atom. The first-order valence-electron chi connectivity index (χ1n) is 7.55. The van der Waals surface area contributed by atoms with Gasteiger partial charge in [0.1, 0.15) is 5.82 Å². The number of hydrogen-bond donors (Lipinski definition) is 1. The second-order valence-electron chi connectivity index (χ2n) is 5.34. The van der Waals surface area contributed by atoms with Gasteiger partial charge < -0.3 is 5.73 Å². The molecule has 0 bridgehead atoms. The number of aromatic nitrogens is 2. The lowest BCUT2D eigenvalue weighted by atomic mass is 10.1. The predicted octanol–water partition coefficient (Wildman–Crippen LogP) is 1.87. The van der Waals surface area contributed by atoms with Crippen molar-refractivity contribution in [3.05, 3.63) is 69.8 Å². The zero-order valence-corrected chi connectivity index (χ0v) is 14.0. The Morgan fingerprint density at radius 3 is 2.92 bits per heavy atom. The number of nitrogens with two attached hydrogens (primary N) is 1. The molecule has 1 aromatic heterocycles. The lowest BCUT2D eigenvalue weighted by Crippen LogP contribution is -2.29. The Morgan fingerprint density at radius 2 is 2.17 bits per heavy atom. The van der Waals surface area contributed by atoms with Gasteiger partial charge in [-0.15, -0.1) is 8.58 Å². The summed E-state index contributed by atoms with van der Waals surface area (Å²) in [7, 11) is 0.942. The molecule has 3 rings (SSSR count). The lowest BCUT2D eigenvalue weighted by molar-refractivity contribution is 0.0954. The lowest BCUT2D eigenvalue weighted by Gasteiger charge is -2.06. The quantitative estimate of drug-likeness (QED) is 0.637. The standard InChI is InChI=1S/C18H16N3O2P/c19-16-8-9-21(18(23)20-16)17(22)15-5-1-3-13(11-15)6-7-14-4-2-10-24-12-14/h1,3-5,8-9,11,24H,2,10,12H2,(H2,19,20,23). The number of rotatable bonds is 1. The molecule has 2 heterocycles. The molecule has 0 aliphatic carbocycles. The first-order valence-corrected chi connectivity index (χ1v) is 8.96. The van der Waals surface area contributed by atoms with E-state index in [1.54, 1.807) is 18.2 Å². The summed E-state index contributed by atoms with van der Waals surface area (Å²) in [5.74, 6) is 5.91. The molecule has 0 saturated carbocycles. The Bertz CT molecular complexity index is 935. The van der Waals surface area contributed by atoms with Crippen LogP contribution in [-0.4, -0.2) is 27.8 Å². The minimum atomic E-state index is -0.690. The largest absolute Gasteiger partial charge is 0.383 e. The zero-order chi connectivity index (χ0) is 16.9. The minimum absolute atomic E-state index is 0.0881. The number of benzene rings is 1. The van der Waals surface area contributed by atoms with Crippen molar-refractivity contribution >= 4 is 20.3 Å². The van der Waals surface area contributed by atoms with Crippen LogP contribution in [0.2, 0.25) is 0 Å². The highest BCUT2D eigenvalue weighted by atomic mass is 31.1. The van der Waals surface area contributed by atoms with E-state index in [9.17, 15) is 9.59 Å². The molecule has 1 aliphatic rings. The van der Waals surface area contributed by atoms with E-state index in [0.29, 0.717) is 5.56 Å². The van der Waals surface area contributed by atoms with Crippen molar-refractivity contribution in [2.24, 2.45) is 0 Å². The normalized spacial score (nSPS) is 14.6. The van der Waals surface area contributed by atoms with Gasteiger partial charge in [-0.05, 0) is 43.0 Å². The van der Waals surface area contributed by atoms with Crippen molar-refractivity contribution in [2.45, 2.75) is 6.42 Å². The SMILES string of the molecule is Nc1ccn(C(=O)c2cccc(C#CC3=CCCPC3)c2)c(=O)n1. The van der Waals surface area contributed by atoms with Crippen LogP contribution < -0.4 is 11.4 Å². The molecule has 6 heteroatoms. The van der Waals surface area contributed by atoms with Crippen molar-refractivity contribution in [3.63, 3.8) is 0 Å². The van der Waals surface area contributed by atoms with Gasteiger partial charge in [0.2, 0.25) is 0 Å². The Balaban J connectivity index is 1.87. The summed E-state index contributed by atoms with van der Waals surface area (Å²) in [6.45, 7) is 0. The van der Waals surface area contributed by atoms with Gasteiger partial charge in [-0.25, -0.2) is 9.36 Å². The molecular formula is C18H16N3O2P. The molecule has 0 radical (unpaired) electrons. The number of carbonyl (C=O) groups excluding carboxylic acids is 1. The highest BCUT2D eigenvalue weighted by molar-refractivity contribution is 7.38. The fourth-order valence-corrected chi connectivity index (χ4v) is 3.36. The second kappa shape index (κ2) is 7.25. The van der Waals surface area contributed by atoms with E-state index in [1.165, 1.54) is 18.4 Å². The maximum Gasteiger partial charge on any atom is 0.356 e. The van der Waals surface area contributed by atoms with E-state index < -0.39 is 11.6 Å². The van der Waals surface area contributed by atoms with Gasteiger partial charge in [-0.2, -0.15) is 4.98 Å². The smallest absolute Gasteiger partial charge is 0.356 e. The Labute approximate surface area is 141 Å². The van der Waals surface area contributed by atoms with Crippen molar-refractivity contribution in [1.82, 2.24) is 9.55 Å². The number of nitrogens with zero attached hydrogens (tertiary/aromatic N) is 2. The maximum absolute atomic E-state index is 12.5. The van der Waals surface area contributed by atoms with Crippen molar-refractivity contribution < 1.29 is 4.79 Å². The third-order valence-corrected chi connectivity index (χ3v) is 4.82. The van der Waals surface area contributed by atoms with Crippen LogP contribution in [0.25, 0.3) is 0 Å². The Kier molecular flexibility index (Phi) is 4.88. The molecule has 5 nitrogen and oxygen atoms in total. The highest BCUT2D eigenvalue weighted by Crippen LogP contribution is 2.21. The van der Waals surface area contributed by atoms with E-state index >= 15 is 0 Å². The number of anilines is 1. The van der Waals surface area contributed by atoms with E-state index in [4.69, 9.17) is 5.73 Å². The average molecular weight is 337 g/mol. The number of hydrogen-bond acceptors (Lipinski definition) is 4. The molecule has 0 fully saturated rings. The molecule has 1 aromatic carbocycles. The van der Waals surface area contributed by atoms with Crippen molar-refractivity contribution in [1.29, 1.82) is 0 Å². The molecule has 0 amide bonds. The number of nitrogen functional groups attached to an aromatic ring is 1. The minimum Gasteiger partial charge on any atom is -0.383 e. The van der Waals surface area contributed by atoms with Crippen molar-refractivity contribution in [2.75, 3.05) is 18.1 Å². The molecule has 1 aliphatic heterocycles. The summed E-state index contributed by atoms with van der Waals surface area (Å²) >= 11 is 0. The average Bonchev–Trinajstić information content (AvgIpc) is 2.61. The van der Waals surface area contributed by atoms with Gasteiger partial charge in [-0.3, -0.25) is 4.79 Å². The third-order valence-electron chi connectivity index (χ3n) is 3.55. The van der Waals surface area contributed by atoms with E-state index in [-0.39, 0.29) is 5.82 Å². The molecule has 24 heavy (non-hydrogen) atoms. The summed E-state index contributed by atoms with van der Waals surface area (Å²) in [5, 5.41) is 0. The summed E-state index contributed by atoms with van der Waals surface area (Å²) in [4.78, 5) is 27.8. The summed E-state index contributed by atoms with van der Waals surface area (Å²) in [5.41, 5.74) is 7.04. The summed E-state index contributed by atoms with van der Waals surface area (Å²) in [6, 6.07) is 8.35. The van der Waals surface area contributed by atoms with Crippen LogP contribution >= 0.6 is 8.58 Å². The van der Waals surface area contributed by atoms with E-state index in [2.05, 4.69) is 22.9 Å². The fraction of sp³-hybridized carbons (Fsp3) is 0.167. The van der Waals surface area contributed by atoms with Crippen LogP contribution in [0.15, 0.2) is 53.0 Å². The molecule has 120 valence electrons. The molecule has 0 saturated heterocycles. The fourth-order valence-electron chi connectivity index (χ4n) is 2.33. The first kappa shape index (κ1) is 16.2. The van der Waals surface area contributed by atoms with Gasteiger partial charge in [0.05, 0.1) is 0 Å². The Hall–Kier alpha value is -2.70. The van der Waals surface area contributed by atoms with Crippen LogP contribution in [-0.2, 0) is 0 Å². The molecular weight excluding hydrogens is 321 g/mol. The molecule has 0 spiro atoms. The molecule has 2 aromatic rings. The first-order chi connectivity index (χ1) is 11.6. The second-order valence-corrected chi connectivity index (χ2v) is 6.69. The highest BCUT2D eigenvalue weighted by Gasteiger charge is 2.11. The van der Waals surface area contributed by atoms with Gasteiger partial charge in [0.15, 0.2) is 0 Å². The molecule has 1 atom stereocenters. The summed E-state index contributed by atoms with van der Waals surface area (Å²) in [6.07, 6.45) is 6.89. The van der Waals surface area contributed by atoms with Gasteiger partial charge in [0, 0.05) is 22.9 Å². The van der Waals surface area contributed by atoms with Crippen molar-refractivity contribution in [3.8, 4) is 11.8 Å². The van der Waals surface area contributed by atoms with Crippen LogP contribution in [0.4, 0.5) is 5.82 Å². The molecule has 2 N–H and O–H groups in total. The van der Waals surface area contributed by atoms with Gasteiger partial charge >= 0.3 is 5.69 Å². The summed E-state index contributed by atoms with van der Waals surface area (Å²) < 4.78 is 0.938. The van der Waals surface area contributed by atoms with Gasteiger partial charge in [-0.1, -0.05) is 24.0 Å². The van der Waals surface area contributed by atoms with Gasteiger partial charge in [0.25, 0.3) is 5.91 Å². The number of allylic oxidation sites excluding steroid dienone is 2. The monoisotopic (exact) mass is 337 g/mol. The molecule has 1 unspecified atom stereocenters.